The fraction of sp³-hybridized carbons (Fsp3) is 0.0370. The third-order valence-electron chi connectivity index (χ3n) is 10.9. The molecule has 0 aliphatic heterocycles. The number of aryl methyl sites for hydroxylation is 2. The molecule has 0 aliphatic rings. The molecule has 5 heteroatoms. The molecule has 3 aromatic heterocycles. The molecule has 1 radical (unpaired) electrons. The molecule has 0 atom stereocenters. The van der Waals surface area contributed by atoms with E-state index in [9.17, 15) is 4.39 Å². The van der Waals surface area contributed by atoms with Crippen molar-refractivity contribution >= 4 is 54.3 Å². The van der Waals surface area contributed by atoms with E-state index in [1.807, 2.05) is 42.6 Å². The van der Waals surface area contributed by atoms with Gasteiger partial charge in [0.25, 0.3) is 0 Å². The van der Waals surface area contributed by atoms with Crippen molar-refractivity contribution in [3.05, 3.63) is 205 Å². The van der Waals surface area contributed by atoms with Gasteiger partial charge in [-0.15, -0.1) is 48.0 Å². The predicted octanol–water partition coefficient (Wildman–Crippen LogP) is 14.5. The maximum absolute atomic E-state index is 13.2. The first-order valence-electron chi connectivity index (χ1n) is 19.3. The van der Waals surface area contributed by atoms with Crippen molar-refractivity contribution in [1.29, 1.82) is 0 Å². The van der Waals surface area contributed by atoms with Crippen molar-refractivity contribution < 1.29 is 28.9 Å². The first kappa shape index (κ1) is 37.8. The van der Waals surface area contributed by atoms with Crippen molar-refractivity contribution in [3.8, 4) is 44.8 Å². The number of pyridine rings is 2. The minimum Gasteiger partial charge on any atom is -0.501 e. The summed E-state index contributed by atoms with van der Waals surface area (Å²) < 4.78 is 19.6. The van der Waals surface area contributed by atoms with Crippen LogP contribution in [0, 0.1) is 31.8 Å². The zero-order chi connectivity index (χ0) is 39.2. The molecule has 0 aliphatic carbocycles. The zero-order valence-electron chi connectivity index (χ0n) is 32.3. The second-order valence-electron chi connectivity index (χ2n) is 14.6. The molecule has 11 aromatic rings. The van der Waals surface area contributed by atoms with Gasteiger partial charge in [0.2, 0.25) is 0 Å². The van der Waals surface area contributed by atoms with Crippen molar-refractivity contribution in [2.24, 2.45) is 0 Å². The molecule has 0 spiro atoms. The van der Waals surface area contributed by atoms with Crippen molar-refractivity contribution in [1.82, 2.24) is 9.97 Å². The molecule has 8 aromatic carbocycles. The fourth-order valence-corrected chi connectivity index (χ4v) is 8.25. The molecule has 3 nitrogen and oxygen atoms in total. The van der Waals surface area contributed by atoms with E-state index in [2.05, 4.69) is 140 Å². The van der Waals surface area contributed by atoms with E-state index < -0.39 is 0 Å². The Morgan fingerprint density at radius 2 is 1.29 bits per heavy atom. The van der Waals surface area contributed by atoms with Crippen LogP contribution < -0.4 is 0 Å². The van der Waals surface area contributed by atoms with Crippen LogP contribution in [-0.2, 0) is 20.1 Å². The smallest absolute Gasteiger partial charge is 0.121 e. The van der Waals surface area contributed by atoms with Gasteiger partial charge < -0.3 is 14.4 Å². The van der Waals surface area contributed by atoms with Crippen LogP contribution in [0.4, 0.5) is 4.39 Å². The molecule has 11 rings (SSSR count). The Hall–Kier alpha value is -6.78. The topological polar surface area (TPSA) is 38.9 Å². The van der Waals surface area contributed by atoms with E-state index in [-0.39, 0.29) is 25.9 Å². The molecule has 59 heavy (non-hydrogen) atoms. The van der Waals surface area contributed by atoms with Crippen LogP contribution in [-0.4, -0.2) is 9.97 Å². The van der Waals surface area contributed by atoms with Crippen LogP contribution in [0.2, 0.25) is 0 Å². The summed E-state index contributed by atoms with van der Waals surface area (Å²) in [5, 5.41) is 9.48. The Balaban J connectivity index is 0.000000151. The summed E-state index contributed by atoms with van der Waals surface area (Å²) >= 11 is 0. The summed E-state index contributed by atoms with van der Waals surface area (Å²) in [4.78, 5) is 9.15. The summed E-state index contributed by atoms with van der Waals surface area (Å²) in [5.74, 6) is -0.293. The molecular weight excluding hydrogens is 904 g/mol. The summed E-state index contributed by atoms with van der Waals surface area (Å²) in [5.41, 5.74) is 12.2. The van der Waals surface area contributed by atoms with Gasteiger partial charge in [-0.3, -0.25) is 4.39 Å². The standard InChI is InChI=1S/C29H16NO.C25H19FN.Ir/c1-2-8-20-17-30-26(16-19(20)7-1)24-10-5-11-25-28-23-13-12-18-6-3-4-9-21(18)22(23)14-15-27(28)31-29(24)25;1-17-14-22(19-6-4-3-5-7-19)15-18(2)25(17)21-12-13-27-24(16-21)20-8-10-23(26)11-9-20;/h1-9,11-17H;3-8,10-16H,1-2H3;/q2*-1;. The van der Waals surface area contributed by atoms with Crippen LogP contribution in [0.5, 0.6) is 0 Å². The third kappa shape index (κ3) is 7.10. The normalized spacial score (nSPS) is 11.2. The first-order chi connectivity index (χ1) is 28.5. The van der Waals surface area contributed by atoms with Gasteiger partial charge >= 0.3 is 0 Å². The SMILES string of the molecule is Cc1cc(-c2ccccc2)cc(C)c1-c1ccnc(-c2[c-]cc(F)cc2)c1.[Ir].[c-]1ccc2c(oc3ccc4c5ccccc5ccc4c32)c1-c1cc2ccccc2cn1. The Bertz CT molecular complexity index is 3300. The Morgan fingerprint density at radius 1 is 0.542 bits per heavy atom. The van der Waals surface area contributed by atoms with Crippen LogP contribution in [0.3, 0.4) is 0 Å². The van der Waals surface area contributed by atoms with E-state index in [1.54, 1.807) is 12.3 Å². The molecule has 3 heterocycles. The fourth-order valence-electron chi connectivity index (χ4n) is 8.25. The Kier molecular flexibility index (Phi) is 10.2. The van der Waals surface area contributed by atoms with Gasteiger partial charge in [0.15, 0.2) is 0 Å². The average molecular weight is 939 g/mol. The van der Waals surface area contributed by atoms with Crippen molar-refractivity contribution in [2.75, 3.05) is 0 Å². The van der Waals surface area contributed by atoms with Crippen LogP contribution >= 0.6 is 0 Å². The number of aromatic nitrogens is 2. The maximum atomic E-state index is 13.2. The average Bonchev–Trinajstić information content (AvgIpc) is 3.66. The summed E-state index contributed by atoms with van der Waals surface area (Å²) in [7, 11) is 0. The van der Waals surface area contributed by atoms with Gasteiger partial charge in [-0.05, 0) is 103 Å². The zero-order valence-corrected chi connectivity index (χ0v) is 34.7. The van der Waals surface area contributed by atoms with Crippen molar-refractivity contribution in [2.45, 2.75) is 13.8 Å². The number of furan rings is 1. The Morgan fingerprint density at radius 3 is 2.08 bits per heavy atom. The van der Waals surface area contributed by atoms with Gasteiger partial charge in [0.1, 0.15) is 5.58 Å². The molecule has 0 amide bonds. The molecular formula is C54H35FIrN2O-2. The van der Waals surface area contributed by atoms with Crippen LogP contribution in [0.15, 0.2) is 181 Å². The number of benzene rings is 8. The molecule has 0 saturated carbocycles. The monoisotopic (exact) mass is 939 g/mol. The number of hydrogen-bond donors (Lipinski definition) is 0. The molecule has 0 N–H and O–H groups in total. The van der Waals surface area contributed by atoms with E-state index in [0.717, 1.165) is 60.8 Å². The molecule has 285 valence electrons. The van der Waals surface area contributed by atoms with Crippen LogP contribution in [0.1, 0.15) is 11.1 Å². The number of rotatable bonds is 4. The quantitative estimate of drug-likeness (QED) is 0.130. The van der Waals surface area contributed by atoms with E-state index in [4.69, 9.17) is 9.40 Å². The predicted molar refractivity (Wildman–Crippen MR) is 237 cm³/mol. The van der Waals surface area contributed by atoms with Gasteiger partial charge in [-0.1, -0.05) is 132 Å². The second-order valence-corrected chi connectivity index (χ2v) is 14.6. The number of nitrogens with zero attached hydrogens (tertiary/aromatic N) is 2. The summed E-state index contributed by atoms with van der Waals surface area (Å²) in [6.07, 6.45) is 3.72. The van der Waals surface area contributed by atoms with Crippen molar-refractivity contribution in [3.63, 3.8) is 0 Å². The number of fused-ring (bicyclic) bond motifs is 8. The van der Waals surface area contributed by atoms with Gasteiger partial charge in [-0.2, -0.15) is 0 Å². The third-order valence-corrected chi connectivity index (χ3v) is 10.9. The van der Waals surface area contributed by atoms with E-state index >= 15 is 0 Å². The largest absolute Gasteiger partial charge is 0.501 e. The van der Waals surface area contributed by atoms with Gasteiger partial charge in [-0.25, -0.2) is 0 Å². The van der Waals surface area contributed by atoms with Gasteiger partial charge in [0.05, 0.1) is 5.58 Å². The van der Waals surface area contributed by atoms with E-state index in [1.165, 1.54) is 61.5 Å². The minimum atomic E-state index is -0.293. The molecule has 0 bridgehead atoms. The van der Waals surface area contributed by atoms with E-state index in [0.29, 0.717) is 0 Å². The Labute approximate surface area is 355 Å². The molecule has 0 fully saturated rings. The van der Waals surface area contributed by atoms with Crippen LogP contribution in [0.25, 0.3) is 99.0 Å². The maximum Gasteiger partial charge on any atom is 0.121 e. The number of hydrogen-bond acceptors (Lipinski definition) is 3. The summed E-state index contributed by atoms with van der Waals surface area (Å²) in [6, 6.07) is 61.3. The molecule has 0 saturated heterocycles. The summed E-state index contributed by atoms with van der Waals surface area (Å²) in [6.45, 7) is 4.28. The van der Waals surface area contributed by atoms with Gasteiger partial charge in [0, 0.05) is 43.7 Å². The first-order valence-corrected chi connectivity index (χ1v) is 19.3. The minimum absolute atomic E-state index is 0. The second kappa shape index (κ2) is 15.9. The number of halogens is 1. The molecule has 0 unspecified atom stereocenters.